The number of nitrogens with zero attached hydrogens (tertiary/aromatic N) is 1. The van der Waals surface area contributed by atoms with Crippen LogP contribution in [0, 0.1) is 11.3 Å². The fourth-order valence-corrected chi connectivity index (χ4v) is 4.01. The molecule has 1 N–H and O–H groups in total. The van der Waals surface area contributed by atoms with Crippen molar-refractivity contribution in [2.24, 2.45) is 11.3 Å². The first kappa shape index (κ1) is 15.3. The number of likely N-dealkylation sites (tertiary alicyclic amines) is 1. The lowest BCUT2D eigenvalue weighted by atomic mass is 9.90. The zero-order chi connectivity index (χ0) is 13.9. The lowest BCUT2D eigenvalue weighted by molar-refractivity contribution is 0.127. The van der Waals surface area contributed by atoms with Gasteiger partial charge in [0.1, 0.15) is 0 Å². The van der Waals surface area contributed by atoms with Gasteiger partial charge >= 0.3 is 0 Å². The molecule has 1 unspecified atom stereocenters. The summed E-state index contributed by atoms with van der Waals surface area (Å²) in [5.74, 6) is 1.01. The molecule has 2 aliphatic rings. The average Bonchev–Trinajstić information content (AvgIpc) is 2.95. The molecule has 19 heavy (non-hydrogen) atoms. The van der Waals surface area contributed by atoms with E-state index in [1.54, 1.807) is 0 Å². The zero-order valence-electron chi connectivity index (χ0n) is 13.5. The van der Waals surface area contributed by atoms with Gasteiger partial charge in [-0.1, -0.05) is 40.5 Å². The van der Waals surface area contributed by atoms with Crippen molar-refractivity contribution in [3.63, 3.8) is 0 Å². The molecule has 0 aromatic rings. The summed E-state index contributed by atoms with van der Waals surface area (Å²) in [6, 6.07) is 1.50. The molecular weight excluding hydrogens is 232 g/mol. The van der Waals surface area contributed by atoms with Gasteiger partial charge in [-0.3, -0.25) is 4.90 Å². The Morgan fingerprint density at radius 1 is 1.11 bits per heavy atom. The van der Waals surface area contributed by atoms with Crippen LogP contribution in [0.4, 0.5) is 0 Å². The summed E-state index contributed by atoms with van der Waals surface area (Å²) in [6.07, 6.45) is 8.82. The smallest absolute Gasteiger partial charge is 0.0124 e. The van der Waals surface area contributed by atoms with Gasteiger partial charge in [-0.05, 0) is 43.6 Å². The van der Waals surface area contributed by atoms with E-state index in [-0.39, 0.29) is 0 Å². The standard InChI is InChI=1S/C17H34N2/c1-14(2)18-12-17(3,4)13-19-11-7-10-16(19)15-8-5-6-9-15/h14-16,18H,5-13H2,1-4H3. The third-order valence-electron chi connectivity index (χ3n) is 4.98. The Bertz CT molecular complexity index is 266. The molecule has 1 aliphatic carbocycles. The Morgan fingerprint density at radius 2 is 1.79 bits per heavy atom. The van der Waals surface area contributed by atoms with Crippen molar-refractivity contribution in [1.29, 1.82) is 0 Å². The summed E-state index contributed by atoms with van der Waals surface area (Å²) in [6.45, 7) is 13.1. The van der Waals surface area contributed by atoms with Crippen LogP contribution in [0.25, 0.3) is 0 Å². The first-order chi connectivity index (χ1) is 8.98. The van der Waals surface area contributed by atoms with E-state index in [0.29, 0.717) is 11.5 Å². The van der Waals surface area contributed by atoms with Gasteiger partial charge in [-0.2, -0.15) is 0 Å². The molecule has 2 nitrogen and oxygen atoms in total. The van der Waals surface area contributed by atoms with Crippen molar-refractivity contribution >= 4 is 0 Å². The molecule has 0 aromatic heterocycles. The van der Waals surface area contributed by atoms with Crippen LogP contribution in [-0.2, 0) is 0 Å². The van der Waals surface area contributed by atoms with Gasteiger partial charge in [0, 0.05) is 25.2 Å². The van der Waals surface area contributed by atoms with Crippen molar-refractivity contribution < 1.29 is 0 Å². The Morgan fingerprint density at radius 3 is 2.42 bits per heavy atom. The number of rotatable bonds is 6. The fraction of sp³-hybridized carbons (Fsp3) is 1.00. The van der Waals surface area contributed by atoms with Crippen LogP contribution in [0.3, 0.4) is 0 Å². The molecule has 0 aromatic carbocycles. The third kappa shape index (κ3) is 4.46. The predicted molar refractivity (Wildman–Crippen MR) is 83.5 cm³/mol. The molecule has 1 saturated heterocycles. The number of hydrogen-bond donors (Lipinski definition) is 1. The van der Waals surface area contributed by atoms with E-state index in [9.17, 15) is 0 Å². The average molecular weight is 266 g/mol. The topological polar surface area (TPSA) is 15.3 Å². The molecule has 0 spiro atoms. The number of nitrogens with one attached hydrogen (secondary N) is 1. The highest BCUT2D eigenvalue weighted by Gasteiger charge is 2.35. The maximum absolute atomic E-state index is 3.62. The first-order valence-corrected chi connectivity index (χ1v) is 8.45. The summed E-state index contributed by atoms with van der Waals surface area (Å²) in [5, 5.41) is 3.62. The second kappa shape index (κ2) is 6.58. The summed E-state index contributed by atoms with van der Waals surface area (Å²) >= 11 is 0. The summed E-state index contributed by atoms with van der Waals surface area (Å²) in [5.41, 5.74) is 0.394. The summed E-state index contributed by atoms with van der Waals surface area (Å²) < 4.78 is 0. The van der Waals surface area contributed by atoms with E-state index >= 15 is 0 Å². The molecule has 112 valence electrons. The molecule has 2 fully saturated rings. The van der Waals surface area contributed by atoms with Gasteiger partial charge in [0.15, 0.2) is 0 Å². The van der Waals surface area contributed by atoms with Crippen molar-refractivity contribution in [2.45, 2.75) is 78.3 Å². The lowest BCUT2D eigenvalue weighted by Gasteiger charge is -2.36. The van der Waals surface area contributed by atoms with Gasteiger partial charge in [-0.15, -0.1) is 0 Å². The molecule has 1 heterocycles. The second-order valence-corrected chi connectivity index (χ2v) is 7.92. The van der Waals surface area contributed by atoms with Crippen LogP contribution in [-0.4, -0.2) is 36.6 Å². The maximum atomic E-state index is 3.62. The molecular formula is C17H34N2. The third-order valence-corrected chi connectivity index (χ3v) is 4.98. The highest BCUT2D eigenvalue weighted by Crippen LogP contribution is 2.36. The van der Waals surface area contributed by atoms with E-state index < -0.39 is 0 Å². The molecule has 1 atom stereocenters. The highest BCUT2D eigenvalue weighted by atomic mass is 15.2. The molecule has 1 aliphatic heterocycles. The Kier molecular flexibility index (Phi) is 5.30. The first-order valence-electron chi connectivity index (χ1n) is 8.45. The largest absolute Gasteiger partial charge is 0.314 e. The fourth-order valence-electron chi connectivity index (χ4n) is 4.01. The van der Waals surface area contributed by atoms with Crippen molar-refractivity contribution in [3.8, 4) is 0 Å². The maximum Gasteiger partial charge on any atom is 0.0124 e. The quantitative estimate of drug-likeness (QED) is 0.789. The monoisotopic (exact) mass is 266 g/mol. The molecule has 0 amide bonds. The predicted octanol–water partition coefficient (Wildman–Crippen LogP) is 3.67. The highest BCUT2D eigenvalue weighted by molar-refractivity contribution is 4.90. The van der Waals surface area contributed by atoms with Crippen molar-refractivity contribution in [3.05, 3.63) is 0 Å². The molecule has 0 radical (unpaired) electrons. The zero-order valence-corrected chi connectivity index (χ0v) is 13.5. The van der Waals surface area contributed by atoms with Gasteiger partial charge in [0.25, 0.3) is 0 Å². The van der Waals surface area contributed by atoms with Crippen molar-refractivity contribution in [1.82, 2.24) is 10.2 Å². The lowest BCUT2D eigenvalue weighted by Crippen LogP contribution is -2.45. The van der Waals surface area contributed by atoms with Crippen LogP contribution in [0.2, 0.25) is 0 Å². The van der Waals surface area contributed by atoms with E-state index in [1.165, 1.54) is 51.6 Å². The molecule has 0 bridgehead atoms. The minimum Gasteiger partial charge on any atom is -0.314 e. The van der Waals surface area contributed by atoms with Crippen LogP contribution >= 0.6 is 0 Å². The van der Waals surface area contributed by atoms with Gasteiger partial charge in [0.05, 0.1) is 0 Å². The molecule has 1 saturated carbocycles. The van der Waals surface area contributed by atoms with Crippen LogP contribution in [0.1, 0.15) is 66.2 Å². The van der Waals surface area contributed by atoms with Crippen molar-refractivity contribution in [2.75, 3.05) is 19.6 Å². The van der Waals surface area contributed by atoms with Gasteiger partial charge in [0.2, 0.25) is 0 Å². The normalized spacial score (nSPS) is 26.7. The summed E-state index contributed by atoms with van der Waals surface area (Å²) in [7, 11) is 0. The minimum atomic E-state index is 0.394. The Hall–Kier alpha value is -0.0800. The Labute approximate surface area is 120 Å². The van der Waals surface area contributed by atoms with Crippen LogP contribution in [0.5, 0.6) is 0 Å². The SMILES string of the molecule is CC(C)NCC(C)(C)CN1CCCC1C1CCCC1. The molecule has 2 heteroatoms. The van der Waals surface area contributed by atoms with Gasteiger partial charge < -0.3 is 5.32 Å². The van der Waals surface area contributed by atoms with Gasteiger partial charge in [-0.25, -0.2) is 0 Å². The van der Waals surface area contributed by atoms with E-state index in [4.69, 9.17) is 0 Å². The second-order valence-electron chi connectivity index (χ2n) is 7.92. The van der Waals surface area contributed by atoms with Crippen LogP contribution < -0.4 is 5.32 Å². The summed E-state index contributed by atoms with van der Waals surface area (Å²) in [4.78, 5) is 2.82. The van der Waals surface area contributed by atoms with E-state index in [0.717, 1.165) is 18.5 Å². The minimum absolute atomic E-state index is 0.394. The van der Waals surface area contributed by atoms with Crippen LogP contribution in [0.15, 0.2) is 0 Å². The number of hydrogen-bond acceptors (Lipinski definition) is 2. The van der Waals surface area contributed by atoms with E-state index in [1.807, 2.05) is 0 Å². The molecule has 2 rings (SSSR count). The van der Waals surface area contributed by atoms with E-state index in [2.05, 4.69) is 37.9 Å². The Balaban J connectivity index is 1.85.